The number of carbonyl (C=O) groups is 4. The molecule has 2 unspecified atom stereocenters. The van der Waals surface area contributed by atoms with Crippen LogP contribution in [0.25, 0.3) is 0 Å². The average Bonchev–Trinajstić information content (AvgIpc) is 2.77. The van der Waals surface area contributed by atoms with Gasteiger partial charge < -0.3 is 14.4 Å². The lowest BCUT2D eigenvalue weighted by molar-refractivity contribution is -0.171. The van der Waals surface area contributed by atoms with E-state index in [0.29, 0.717) is 12.8 Å². The van der Waals surface area contributed by atoms with Gasteiger partial charge in [-0.05, 0) is 33.6 Å². The van der Waals surface area contributed by atoms with Gasteiger partial charge in [0, 0.05) is 0 Å². The summed E-state index contributed by atoms with van der Waals surface area (Å²) in [6.07, 6.45) is 0.386. The zero-order valence-corrected chi connectivity index (χ0v) is 13.1. The number of rotatable bonds is 4. The van der Waals surface area contributed by atoms with Crippen molar-refractivity contribution in [2.75, 3.05) is 13.2 Å². The van der Waals surface area contributed by atoms with Crippen LogP contribution in [-0.2, 0) is 28.7 Å². The van der Waals surface area contributed by atoms with Gasteiger partial charge in [0.1, 0.15) is 12.0 Å². The molecule has 22 heavy (non-hydrogen) atoms. The minimum absolute atomic E-state index is 0.161. The maximum absolute atomic E-state index is 12.3. The van der Waals surface area contributed by atoms with Crippen molar-refractivity contribution in [2.24, 2.45) is 5.92 Å². The predicted molar refractivity (Wildman–Crippen MR) is 74.7 cm³/mol. The van der Waals surface area contributed by atoms with Crippen molar-refractivity contribution in [1.29, 1.82) is 0 Å². The first kappa shape index (κ1) is 16.5. The number of esters is 2. The van der Waals surface area contributed by atoms with E-state index in [2.05, 4.69) is 0 Å². The van der Waals surface area contributed by atoms with Crippen molar-refractivity contribution < 1.29 is 28.7 Å². The highest BCUT2D eigenvalue weighted by atomic mass is 16.5. The van der Waals surface area contributed by atoms with E-state index in [4.69, 9.17) is 9.47 Å². The van der Waals surface area contributed by atoms with Crippen molar-refractivity contribution in [3.63, 3.8) is 0 Å². The fraction of sp³-hybridized carbons (Fsp3) is 0.733. The van der Waals surface area contributed by atoms with E-state index in [-0.39, 0.29) is 19.6 Å². The summed E-state index contributed by atoms with van der Waals surface area (Å²) in [6.45, 7) is 5.40. The van der Waals surface area contributed by atoms with Gasteiger partial charge in [0.25, 0.3) is 0 Å². The third-order valence-corrected chi connectivity index (χ3v) is 4.40. The molecular formula is C15H21NO6. The number of ether oxygens (including phenoxy) is 2. The maximum atomic E-state index is 12.3. The Morgan fingerprint density at radius 2 is 1.77 bits per heavy atom. The molecule has 2 heterocycles. The Kier molecular flexibility index (Phi) is 4.53. The molecule has 2 saturated heterocycles. The maximum Gasteiger partial charge on any atom is 0.328 e. The second kappa shape index (κ2) is 6.06. The van der Waals surface area contributed by atoms with Crippen LogP contribution in [0.2, 0.25) is 0 Å². The molecule has 2 rings (SSSR count). The monoisotopic (exact) mass is 311 g/mol. The van der Waals surface area contributed by atoms with Gasteiger partial charge in [-0.3, -0.25) is 14.4 Å². The molecule has 3 atom stereocenters. The number of piperidine rings is 1. The van der Waals surface area contributed by atoms with E-state index in [1.165, 1.54) is 4.90 Å². The van der Waals surface area contributed by atoms with Gasteiger partial charge in [0.2, 0.25) is 5.91 Å². The third-order valence-electron chi connectivity index (χ3n) is 4.40. The number of ketones is 1. The van der Waals surface area contributed by atoms with E-state index in [9.17, 15) is 19.2 Å². The van der Waals surface area contributed by atoms with Crippen LogP contribution in [0.3, 0.4) is 0 Å². The fourth-order valence-electron chi connectivity index (χ4n) is 3.53. The van der Waals surface area contributed by atoms with Gasteiger partial charge in [0.15, 0.2) is 5.78 Å². The number of amides is 1. The molecule has 7 nitrogen and oxygen atoms in total. The number of hydrogen-bond donors (Lipinski definition) is 0. The molecule has 0 saturated carbocycles. The summed E-state index contributed by atoms with van der Waals surface area (Å²) in [5.41, 5.74) is -1.02. The largest absolute Gasteiger partial charge is 0.465 e. The second-order valence-corrected chi connectivity index (χ2v) is 5.76. The van der Waals surface area contributed by atoms with Crippen LogP contribution in [0.5, 0.6) is 0 Å². The molecule has 7 heteroatoms. The predicted octanol–water partition coefficient (Wildman–Crippen LogP) is 0.451. The van der Waals surface area contributed by atoms with Gasteiger partial charge >= 0.3 is 11.9 Å². The summed E-state index contributed by atoms with van der Waals surface area (Å²) in [7, 11) is 0. The van der Waals surface area contributed by atoms with Gasteiger partial charge in [-0.15, -0.1) is 0 Å². The Morgan fingerprint density at radius 1 is 1.18 bits per heavy atom. The van der Waals surface area contributed by atoms with Gasteiger partial charge in [-0.1, -0.05) is 0 Å². The Morgan fingerprint density at radius 3 is 2.36 bits per heavy atom. The van der Waals surface area contributed by atoms with Crippen molar-refractivity contribution in [3.05, 3.63) is 0 Å². The Balaban J connectivity index is 2.34. The first-order valence-corrected chi connectivity index (χ1v) is 7.55. The zero-order chi connectivity index (χ0) is 16.5. The van der Waals surface area contributed by atoms with Crippen molar-refractivity contribution in [2.45, 2.75) is 51.6 Å². The van der Waals surface area contributed by atoms with Crippen LogP contribution >= 0.6 is 0 Å². The summed E-state index contributed by atoms with van der Waals surface area (Å²) >= 11 is 0. The Bertz CT molecular complexity index is 516. The van der Waals surface area contributed by atoms with Crippen LogP contribution in [0.15, 0.2) is 0 Å². The topological polar surface area (TPSA) is 90.0 Å². The highest BCUT2D eigenvalue weighted by Gasteiger charge is 2.60. The minimum Gasteiger partial charge on any atom is -0.465 e. The Labute approximate surface area is 128 Å². The summed E-state index contributed by atoms with van der Waals surface area (Å²) in [5.74, 6) is -3.02. The van der Waals surface area contributed by atoms with Gasteiger partial charge in [-0.25, -0.2) is 4.79 Å². The molecule has 0 aliphatic carbocycles. The number of hydrogen-bond acceptors (Lipinski definition) is 6. The van der Waals surface area contributed by atoms with Crippen LogP contribution in [0, 0.1) is 5.92 Å². The Hall–Kier alpha value is -1.92. The smallest absolute Gasteiger partial charge is 0.328 e. The van der Waals surface area contributed by atoms with E-state index >= 15 is 0 Å². The zero-order valence-electron chi connectivity index (χ0n) is 13.1. The standard InChI is InChI=1S/C15H21NO6/c1-4-21-13(19)9-6-7-15(3)12(14(20)22-5-2)10(17)8-11(18)16(9)15/h9,12H,4-8H2,1-3H3/t9-,12?,15?/m0/s1. The number of fused-ring (bicyclic) bond motifs is 1. The van der Waals surface area contributed by atoms with Crippen LogP contribution in [-0.4, -0.2) is 53.3 Å². The number of Topliss-reactive ketones (excluding diaryl/α,β-unsaturated/α-hetero) is 1. The summed E-state index contributed by atoms with van der Waals surface area (Å²) < 4.78 is 9.99. The van der Waals surface area contributed by atoms with Crippen molar-refractivity contribution >= 4 is 23.6 Å². The van der Waals surface area contributed by atoms with E-state index in [0.717, 1.165) is 0 Å². The molecule has 2 aliphatic rings. The highest BCUT2D eigenvalue weighted by molar-refractivity contribution is 6.12. The van der Waals surface area contributed by atoms with E-state index in [1.54, 1.807) is 20.8 Å². The minimum atomic E-state index is -1.04. The number of carbonyl (C=O) groups excluding carboxylic acids is 4. The van der Waals surface area contributed by atoms with Crippen LogP contribution in [0.4, 0.5) is 0 Å². The van der Waals surface area contributed by atoms with Crippen molar-refractivity contribution in [1.82, 2.24) is 4.90 Å². The van der Waals surface area contributed by atoms with Gasteiger partial charge in [-0.2, -0.15) is 0 Å². The molecular weight excluding hydrogens is 290 g/mol. The first-order chi connectivity index (χ1) is 10.4. The lowest BCUT2D eigenvalue weighted by Gasteiger charge is -2.44. The molecule has 0 N–H and O–H groups in total. The molecule has 2 fully saturated rings. The molecule has 122 valence electrons. The number of nitrogens with zero attached hydrogens (tertiary/aromatic N) is 1. The molecule has 0 aromatic heterocycles. The quantitative estimate of drug-likeness (QED) is 0.553. The van der Waals surface area contributed by atoms with Crippen LogP contribution in [0.1, 0.15) is 40.0 Å². The lowest BCUT2D eigenvalue weighted by atomic mass is 9.76. The molecule has 0 aromatic carbocycles. The van der Waals surface area contributed by atoms with Crippen molar-refractivity contribution in [3.8, 4) is 0 Å². The first-order valence-electron chi connectivity index (χ1n) is 7.55. The SMILES string of the molecule is CCOC(=O)C1C(=O)CC(=O)N2[C@H](C(=O)OCC)CCC12C. The molecule has 2 aliphatic heterocycles. The molecule has 0 spiro atoms. The van der Waals surface area contributed by atoms with E-state index in [1.807, 2.05) is 0 Å². The second-order valence-electron chi connectivity index (χ2n) is 5.76. The highest BCUT2D eigenvalue weighted by Crippen LogP contribution is 2.44. The molecule has 1 amide bonds. The summed E-state index contributed by atoms with van der Waals surface area (Å²) in [5, 5.41) is 0. The normalized spacial score (nSPS) is 31.0. The molecule has 0 radical (unpaired) electrons. The lowest BCUT2D eigenvalue weighted by Crippen LogP contribution is -2.63. The fourth-order valence-corrected chi connectivity index (χ4v) is 3.53. The summed E-state index contributed by atoms with van der Waals surface area (Å²) in [4.78, 5) is 50.1. The van der Waals surface area contributed by atoms with E-state index < -0.39 is 41.1 Å². The van der Waals surface area contributed by atoms with Gasteiger partial charge in [0.05, 0.1) is 25.2 Å². The average molecular weight is 311 g/mol. The van der Waals surface area contributed by atoms with Crippen LogP contribution < -0.4 is 0 Å². The molecule has 0 aromatic rings. The molecule has 0 bridgehead atoms. The summed E-state index contributed by atoms with van der Waals surface area (Å²) in [6, 6.07) is -0.734. The third kappa shape index (κ3) is 2.48.